The van der Waals surface area contributed by atoms with Crippen LogP contribution in [0.5, 0.6) is 0 Å². The summed E-state index contributed by atoms with van der Waals surface area (Å²) in [7, 11) is 1.83. The van der Waals surface area contributed by atoms with Crippen molar-refractivity contribution in [2.75, 3.05) is 18.5 Å². The van der Waals surface area contributed by atoms with E-state index in [-0.39, 0.29) is 24.4 Å². The van der Waals surface area contributed by atoms with Crippen molar-refractivity contribution in [2.45, 2.75) is 19.9 Å². The maximum atomic E-state index is 12.6. The van der Waals surface area contributed by atoms with Crippen molar-refractivity contribution in [3.63, 3.8) is 0 Å². The van der Waals surface area contributed by atoms with Crippen molar-refractivity contribution >= 4 is 22.9 Å². The number of hydrogen-bond acceptors (Lipinski definition) is 5. The van der Waals surface area contributed by atoms with Crippen molar-refractivity contribution in [3.05, 3.63) is 48.5 Å². The molecular formula is C18H22N6O. The van der Waals surface area contributed by atoms with Crippen LogP contribution in [0.15, 0.2) is 43.0 Å². The number of benzene rings is 1. The van der Waals surface area contributed by atoms with Crippen LogP contribution in [0.4, 0.5) is 5.82 Å². The molecule has 7 heteroatoms. The standard InChI is InChI=1S/C18H22N6O/c1-12(2)15(13-7-5-4-6-8-13)23-14(25)9-24(3)18-16-17(20-10-19-16)21-11-22-18/h4-8,10-12,15H,9H2,1-3H3,(H,23,25)(H,19,20,21,22)/t15-/m1/s1. The molecule has 1 aromatic carbocycles. The Kier molecular flexibility index (Phi) is 4.92. The Morgan fingerprint density at radius 3 is 2.68 bits per heavy atom. The number of H-pyrrole nitrogens is 1. The average molecular weight is 338 g/mol. The summed E-state index contributed by atoms with van der Waals surface area (Å²) in [5.41, 5.74) is 2.41. The van der Waals surface area contributed by atoms with Gasteiger partial charge in [0.1, 0.15) is 11.8 Å². The van der Waals surface area contributed by atoms with Gasteiger partial charge >= 0.3 is 0 Å². The Balaban J connectivity index is 1.72. The number of hydrogen-bond donors (Lipinski definition) is 2. The van der Waals surface area contributed by atoms with E-state index >= 15 is 0 Å². The zero-order valence-electron chi connectivity index (χ0n) is 14.6. The van der Waals surface area contributed by atoms with Gasteiger partial charge in [-0.05, 0) is 11.5 Å². The molecule has 3 rings (SSSR count). The van der Waals surface area contributed by atoms with E-state index in [2.05, 4.69) is 39.1 Å². The largest absolute Gasteiger partial charge is 0.348 e. The van der Waals surface area contributed by atoms with Gasteiger partial charge in [0.25, 0.3) is 0 Å². The minimum absolute atomic E-state index is 0.0281. The van der Waals surface area contributed by atoms with Crippen molar-refractivity contribution < 1.29 is 4.79 Å². The number of carbonyl (C=O) groups excluding carboxylic acids is 1. The van der Waals surface area contributed by atoms with Crippen molar-refractivity contribution in [2.24, 2.45) is 5.92 Å². The van der Waals surface area contributed by atoms with Crippen molar-refractivity contribution in [1.29, 1.82) is 0 Å². The first-order valence-electron chi connectivity index (χ1n) is 8.25. The van der Waals surface area contributed by atoms with E-state index in [9.17, 15) is 4.79 Å². The van der Waals surface area contributed by atoms with Gasteiger partial charge in [-0.25, -0.2) is 15.0 Å². The summed E-state index contributed by atoms with van der Waals surface area (Å²) in [6.45, 7) is 4.39. The molecule has 25 heavy (non-hydrogen) atoms. The van der Waals surface area contributed by atoms with E-state index in [0.29, 0.717) is 11.5 Å². The Morgan fingerprint density at radius 2 is 1.96 bits per heavy atom. The molecule has 2 N–H and O–H groups in total. The summed E-state index contributed by atoms with van der Waals surface area (Å²) in [4.78, 5) is 29.9. The van der Waals surface area contributed by atoms with Gasteiger partial charge in [0.05, 0.1) is 18.9 Å². The van der Waals surface area contributed by atoms with Crippen LogP contribution in [0.1, 0.15) is 25.5 Å². The van der Waals surface area contributed by atoms with Gasteiger partial charge in [-0.2, -0.15) is 0 Å². The first-order chi connectivity index (χ1) is 12.1. The summed E-state index contributed by atoms with van der Waals surface area (Å²) in [6.07, 6.45) is 3.02. The van der Waals surface area contributed by atoms with E-state index in [4.69, 9.17) is 0 Å². The first kappa shape index (κ1) is 16.9. The van der Waals surface area contributed by atoms with Gasteiger partial charge in [0.2, 0.25) is 5.91 Å². The number of amides is 1. The van der Waals surface area contributed by atoms with Gasteiger partial charge in [0, 0.05) is 7.05 Å². The summed E-state index contributed by atoms with van der Waals surface area (Å²) in [5, 5.41) is 3.13. The van der Waals surface area contributed by atoms with Crippen LogP contribution in [0.3, 0.4) is 0 Å². The molecule has 0 spiro atoms. The number of fused-ring (bicyclic) bond motifs is 1. The topological polar surface area (TPSA) is 86.8 Å². The van der Waals surface area contributed by atoms with Gasteiger partial charge in [0.15, 0.2) is 11.5 Å². The second-order valence-electron chi connectivity index (χ2n) is 6.35. The first-order valence-corrected chi connectivity index (χ1v) is 8.25. The summed E-state index contributed by atoms with van der Waals surface area (Å²) in [6, 6.07) is 9.99. The Morgan fingerprint density at radius 1 is 1.20 bits per heavy atom. The van der Waals surface area contributed by atoms with Crippen LogP contribution in [0, 0.1) is 5.92 Å². The maximum Gasteiger partial charge on any atom is 0.240 e. The molecule has 0 unspecified atom stereocenters. The van der Waals surface area contributed by atoms with E-state index in [1.54, 1.807) is 11.2 Å². The number of aromatic nitrogens is 4. The summed E-state index contributed by atoms with van der Waals surface area (Å²) < 4.78 is 0. The lowest BCUT2D eigenvalue weighted by Crippen LogP contribution is -2.39. The third-order valence-corrected chi connectivity index (χ3v) is 4.09. The molecule has 7 nitrogen and oxygen atoms in total. The number of anilines is 1. The van der Waals surface area contributed by atoms with Crippen molar-refractivity contribution in [3.8, 4) is 0 Å². The third kappa shape index (κ3) is 3.76. The normalized spacial score (nSPS) is 12.3. The molecule has 0 aliphatic rings. The third-order valence-electron chi connectivity index (χ3n) is 4.09. The summed E-state index contributed by atoms with van der Waals surface area (Å²) in [5.74, 6) is 0.879. The molecule has 0 fully saturated rings. The zero-order valence-corrected chi connectivity index (χ0v) is 14.6. The van der Waals surface area contributed by atoms with Crippen LogP contribution >= 0.6 is 0 Å². The van der Waals surface area contributed by atoms with Crippen LogP contribution in [0.2, 0.25) is 0 Å². The molecule has 130 valence electrons. The van der Waals surface area contributed by atoms with E-state index in [1.807, 2.05) is 37.4 Å². The number of nitrogens with zero attached hydrogens (tertiary/aromatic N) is 4. The highest BCUT2D eigenvalue weighted by atomic mass is 16.2. The molecule has 0 aliphatic carbocycles. The molecule has 0 saturated carbocycles. The van der Waals surface area contributed by atoms with E-state index < -0.39 is 0 Å². The fourth-order valence-electron chi connectivity index (χ4n) is 2.85. The minimum Gasteiger partial charge on any atom is -0.348 e. The fourth-order valence-corrected chi connectivity index (χ4v) is 2.85. The quantitative estimate of drug-likeness (QED) is 0.720. The highest BCUT2D eigenvalue weighted by molar-refractivity contribution is 5.87. The highest BCUT2D eigenvalue weighted by Gasteiger charge is 2.20. The molecule has 2 aromatic heterocycles. The van der Waals surface area contributed by atoms with Crippen LogP contribution < -0.4 is 10.2 Å². The number of likely N-dealkylation sites (N-methyl/N-ethyl adjacent to an activating group) is 1. The molecule has 0 radical (unpaired) electrons. The van der Waals surface area contributed by atoms with Gasteiger partial charge in [-0.3, -0.25) is 4.79 Å². The van der Waals surface area contributed by atoms with Crippen LogP contribution in [0.25, 0.3) is 11.2 Å². The number of carbonyl (C=O) groups is 1. The van der Waals surface area contributed by atoms with Crippen LogP contribution in [-0.4, -0.2) is 39.4 Å². The van der Waals surface area contributed by atoms with E-state index in [1.165, 1.54) is 6.33 Å². The summed E-state index contributed by atoms with van der Waals surface area (Å²) >= 11 is 0. The molecule has 0 aliphatic heterocycles. The van der Waals surface area contributed by atoms with Gasteiger partial charge < -0.3 is 15.2 Å². The zero-order chi connectivity index (χ0) is 17.8. The fraction of sp³-hybridized carbons (Fsp3) is 0.333. The Bertz CT molecular complexity index is 845. The second-order valence-corrected chi connectivity index (χ2v) is 6.35. The molecule has 1 amide bonds. The molecule has 1 atom stereocenters. The lowest BCUT2D eigenvalue weighted by atomic mass is 9.96. The molecule has 3 aromatic rings. The van der Waals surface area contributed by atoms with Crippen LogP contribution in [-0.2, 0) is 4.79 Å². The average Bonchev–Trinajstić information content (AvgIpc) is 3.08. The number of imidazole rings is 1. The predicted molar refractivity (Wildman–Crippen MR) is 97.1 cm³/mol. The number of aromatic amines is 1. The second kappa shape index (κ2) is 7.29. The molecule has 0 bridgehead atoms. The number of nitrogens with one attached hydrogen (secondary N) is 2. The van der Waals surface area contributed by atoms with E-state index in [0.717, 1.165) is 11.1 Å². The maximum absolute atomic E-state index is 12.6. The molecule has 0 saturated heterocycles. The predicted octanol–water partition coefficient (Wildman–Crippen LogP) is 2.30. The number of rotatable bonds is 6. The molecular weight excluding hydrogens is 316 g/mol. The highest BCUT2D eigenvalue weighted by Crippen LogP contribution is 2.22. The van der Waals surface area contributed by atoms with Gasteiger partial charge in [-0.15, -0.1) is 0 Å². The Hall–Kier alpha value is -2.96. The smallest absolute Gasteiger partial charge is 0.240 e. The lowest BCUT2D eigenvalue weighted by Gasteiger charge is -2.25. The van der Waals surface area contributed by atoms with Gasteiger partial charge in [-0.1, -0.05) is 44.2 Å². The van der Waals surface area contributed by atoms with Crippen molar-refractivity contribution in [1.82, 2.24) is 25.3 Å². The lowest BCUT2D eigenvalue weighted by molar-refractivity contribution is -0.120. The minimum atomic E-state index is -0.0590. The molecule has 2 heterocycles. The monoisotopic (exact) mass is 338 g/mol. The Labute approximate surface area is 146 Å². The SMILES string of the molecule is CC(C)[C@@H](NC(=O)CN(C)c1ncnc2nc[nH]c12)c1ccccc1.